The molecule has 0 atom stereocenters. The Labute approximate surface area is 200 Å². The van der Waals surface area contributed by atoms with Gasteiger partial charge in [0.1, 0.15) is 0 Å². The predicted molar refractivity (Wildman–Crippen MR) is 131 cm³/mol. The summed E-state index contributed by atoms with van der Waals surface area (Å²) in [6.07, 6.45) is 7.69. The molecule has 0 heterocycles. The van der Waals surface area contributed by atoms with Gasteiger partial charge in [-0.15, -0.1) is 0 Å². The van der Waals surface area contributed by atoms with Gasteiger partial charge in [0.25, 0.3) is 0 Å². The lowest BCUT2D eigenvalue weighted by molar-refractivity contribution is -0.224. The maximum atomic E-state index is 15.7. The second-order valence-corrected chi connectivity index (χ2v) is 10.2. The van der Waals surface area contributed by atoms with Gasteiger partial charge >= 0.3 is 11.8 Å². The predicted octanol–water partition coefficient (Wildman–Crippen LogP) is 8.17. The van der Waals surface area contributed by atoms with E-state index in [1.165, 1.54) is 24.3 Å². The van der Waals surface area contributed by atoms with Crippen LogP contribution in [-0.4, -0.2) is 0 Å². The molecule has 2 aliphatic rings. The Morgan fingerprint density at radius 2 is 1.03 bits per heavy atom. The molecule has 2 fully saturated rings. The van der Waals surface area contributed by atoms with Gasteiger partial charge in [-0.3, -0.25) is 0 Å². The van der Waals surface area contributed by atoms with Gasteiger partial charge in [-0.2, -0.15) is 17.6 Å². The monoisotopic (exact) mass is 476 g/mol. The lowest BCUT2D eigenvalue weighted by atomic mass is 9.87. The van der Waals surface area contributed by atoms with Gasteiger partial charge in [-0.1, -0.05) is 26.7 Å². The van der Waals surface area contributed by atoms with E-state index in [0.717, 1.165) is 51.4 Å². The first kappa shape index (κ1) is 24.9. The van der Waals surface area contributed by atoms with Crippen molar-refractivity contribution in [2.24, 2.45) is 0 Å². The van der Waals surface area contributed by atoms with Crippen LogP contribution < -0.4 is 11.5 Å². The normalized spacial score (nSPS) is 16.8. The molecule has 2 saturated carbocycles. The van der Waals surface area contributed by atoms with Gasteiger partial charge in [0.15, 0.2) is 0 Å². The molecule has 0 unspecified atom stereocenters. The number of anilines is 2. The molecule has 2 nitrogen and oxygen atoms in total. The van der Waals surface area contributed by atoms with Crippen LogP contribution in [0.5, 0.6) is 0 Å². The highest BCUT2D eigenvalue weighted by atomic mass is 19.3. The molecule has 2 aromatic rings. The molecule has 0 amide bonds. The topological polar surface area (TPSA) is 52.0 Å². The zero-order valence-electron chi connectivity index (χ0n) is 20.2. The van der Waals surface area contributed by atoms with Gasteiger partial charge in [0.05, 0.1) is 0 Å². The minimum atomic E-state index is -4.37. The minimum Gasteiger partial charge on any atom is -0.398 e. The maximum Gasteiger partial charge on any atom is 0.339 e. The number of hydrogen-bond acceptors (Lipinski definition) is 2. The summed E-state index contributed by atoms with van der Waals surface area (Å²) in [6.45, 7) is 4.00. The number of alkyl halides is 4. The van der Waals surface area contributed by atoms with Crippen LogP contribution in [0.15, 0.2) is 24.3 Å². The lowest BCUT2D eigenvalue weighted by Gasteiger charge is -2.30. The van der Waals surface area contributed by atoms with Gasteiger partial charge in [-0.05, 0) is 110 Å². The van der Waals surface area contributed by atoms with E-state index in [4.69, 9.17) is 11.5 Å². The number of rotatable bonds is 11. The third-order valence-corrected chi connectivity index (χ3v) is 7.35. The Hall–Kier alpha value is -2.24. The van der Waals surface area contributed by atoms with Crippen molar-refractivity contribution in [2.75, 3.05) is 11.5 Å². The van der Waals surface area contributed by atoms with E-state index in [9.17, 15) is 0 Å². The third kappa shape index (κ3) is 4.65. The van der Waals surface area contributed by atoms with E-state index in [1.807, 2.05) is 13.8 Å². The van der Waals surface area contributed by atoms with E-state index in [2.05, 4.69) is 0 Å². The Morgan fingerprint density at radius 3 is 1.32 bits per heavy atom. The van der Waals surface area contributed by atoms with Crippen LogP contribution >= 0.6 is 0 Å². The fourth-order valence-electron chi connectivity index (χ4n) is 4.81. The fraction of sp³-hybridized carbons (Fsp3) is 0.571. The molecular weight excluding hydrogens is 440 g/mol. The Morgan fingerprint density at radius 1 is 0.676 bits per heavy atom. The minimum absolute atomic E-state index is 0.0865. The summed E-state index contributed by atoms with van der Waals surface area (Å²) in [5, 5.41) is 0. The number of aryl methyl sites for hydroxylation is 2. The summed E-state index contributed by atoms with van der Waals surface area (Å²) in [5.74, 6) is -8.57. The Bertz CT molecular complexity index is 956. The van der Waals surface area contributed by atoms with Crippen molar-refractivity contribution in [3.05, 3.63) is 57.6 Å². The molecule has 0 spiro atoms. The van der Waals surface area contributed by atoms with Crippen LogP contribution in [0, 0.1) is 0 Å². The average Bonchev–Trinajstić information content (AvgIpc) is 3.70. The zero-order valence-corrected chi connectivity index (χ0v) is 20.2. The number of halogens is 4. The van der Waals surface area contributed by atoms with Crippen molar-refractivity contribution in [2.45, 2.75) is 102 Å². The van der Waals surface area contributed by atoms with Crippen LogP contribution in [0.4, 0.5) is 28.9 Å². The summed E-state index contributed by atoms with van der Waals surface area (Å²) in [5.41, 5.74) is 14.6. The van der Waals surface area contributed by atoms with E-state index in [-0.39, 0.29) is 11.8 Å². The molecule has 2 aromatic carbocycles. The van der Waals surface area contributed by atoms with Crippen molar-refractivity contribution in [1.29, 1.82) is 0 Å². The van der Waals surface area contributed by atoms with Crippen LogP contribution in [0.1, 0.15) is 110 Å². The molecule has 4 N–H and O–H groups in total. The molecule has 0 aromatic heterocycles. The molecule has 0 saturated heterocycles. The Kier molecular flexibility index (Phi) is 6.90. The Balaban J connectivity index is 1.78. The highest BCUT2D eigenvalue weighted by Gasteiger charge is 2.59. The quantitative estimate of drug-likeness (QED) is 0.254. The van der Waals surface area contributed by atoms with E-state index in [0.29, 0.717) is 46.5 Å². The highest BCUT2D eigenvalue weighted by Crippen LogP contribution is 2.54. The summed E-state index contributed by atoms with van der Waals surface area (Å²) in [4.78, 5) is 0. The summed E-state index contributed by atoms with van der Waals surface area (Å²) in [6, 6.07) is 4.88. The molecule has 2 aliphatic carbocycles. The smallest absolute Gasteiger partial charge is 0.339 e. The first-order valence-corrected chi connectivity index (χ1v) is 12.7. The van der Waals surface area contributed by atoms with Gasteiger partial charge in [0, 0.05) is 22.5 Å². The first-order valence-electron chi connectivity index (χ1n) is 12.7. The summed E-state index contributed by atoms with van der Waals surface area (Å²) < 4.78 is 62.9. The van der Waals surface area contributed by atoms with Crippen molar-refractivity contribution >= 4 is 11.4 Å². The average molecular weight is 477 g/mol. The molecule has 6 heteroatoms. The molecule has 0 aliphatic heterocycles. The van der Waals surface area contributed by atoms with Crippen molar-refractivity contribution in [3.63, 3.8) is 0 Å². The van der Waals surface area contributed by atoms with Crippen molar-refractivity contribution in [3.8, 4) is 0 Å². The van der Waals surface area contributed by atoms with Crippen molar-refractivity contribution < 1.29 is 17.6 Å². The van der Waals surface area contributed by atoms with Gasteiger partial charge < -0.3 is 11.5 Å². The van der Waals surface area contributed by atoms with Crippen molar-refractivity contribution in [1.82, 2.24) is 0 Å². The standard InChI is InChI=1S/C28H36F4N2/c1-3-5-7-19-13-21(15-23(25(19)33)17-9-10-17)27(29,30)28(31,32)22-14-20(8-6-4-2)26(34)24(16-22)18-11-12-18/h13-18H,3-12,33-34H2,1-2H3. The van der Waals surface area contributed by atoms with E-state index >= 15 is 17.6 Å². The molecule has 0 radical (unpaired) electrons. The van der Waals surface area contributed by atoms with Crippen LogP contribution in [-0.2, 0) is 24.7 Å². The van der Waals surface area contributed by atoms with Crippen LogP contribution in [0.2, 0.25) is 0 Å². The second-order valence-electron chi connectivity index (χ2n) is 10.2. The van der Waals surface area contributed by atoms with Crippen LogP contribution in [0.3, 0.4) is 0 Å². The van der Waals surface area contributed by atoms with Gasteiger partial charge in [0.2, 0.25) is 0 Å². The van der Waals surface area contributed by atoms with Gasteiger partial charge in [-0.25, -0.2) is 0 Å². The molecule has 4 rings (SSSR count). The molecular formula is C28H36F4N2. The van der Waals surface area contributed by atoms with E-state index < -0.39 is 23.0 Å². The fourth-order valence-corrected chi connectivity index (χ4v) is 4.81. The maximum absolute atomic E-state index is 15.7. The third-order valence-electron chi connectivity index (χ3n) is 7.35. The number of benzene rings is 2. The first-order chi connectivity index (χ1) is 16.1. The largest absolute Gasteiger partial charge is 0.398 e. The zero-order chi connectivity index (χ0) is 24.7. The SMILES string of the molecule is CCCCc1cc(C(F)(F)C(F)(F)c2cc(CCCC)c(N)c(C3CC3)c2)cc(C2CC2)c1N. The molecule has 186 valence electrons. The lowest BCUT2D eigenvalue weighted by Crippen LogP contribution is -2.36. The molecule has 34 heavy (non-hydrogen) atoms. The highest BCUT2D eigenvalue weighted by molar-refractivity contribution is 5.61. The summed E-state index contributed by atoms with van der Waals surface area (Å²) in [7, 11) is 0. The van der Waals surface area contributed by atoms with Crippen LogP contribution in [0.25, 0.3) is 0 Å². The number of nitrogens with two attached hydrogens (primary N) is 2. The number of unbranched alkanes of at least 4 members (excludes halogenated alkanes) is 2. The number of nitrogen functional groups attached to an aromatic ring is 2. The number of hydrogen-bond donors (Lipinski definition) is 2. The second kappa shape index (κ2) is 9.43. The molecule has 0 bridgehead atoms. The summed E-state index contributed by atoms with van der Waals surface area (Å²) >= 11 is 0. The van der Waals surface area contributed by atoms with E-state index in [1.54, 1.807) is 0 Å².